The highest BCUT2D eigenvalue weighted by atomic mass is 19.1. The van der Waals surface area contributed by atoms with E-state index >= 15 is 0 Å². The van der Waals surface area contributed by atoms with Crippen LogP contribution in [0.5, 0.6) is 0 Å². The monoisotopic (exact) mass is 359 g/mol. The van der Waals surface area contributed by atoms with E-state index in [1.54, 1.807) is 15.9 Å². The van der Waals surface area contributed by atoms with Gasteiger partial charge in [0.2, 0.25) is 11.8 Å². The number of rotatable bonds is 3. The number of carbonyl (C=O) groups is 3. The molecule has 1 atom stereocenters. The molecule has 3 fully saturated rings. The molecule has 138 valence electrons. The lowest BCUT2D eigenvalue weighted by Gasteiger charge is -2.36. The molecule has 0 spiro atoms. The third-order valence-electron chi connectivity index (χ3n) is 5.45. The molecule has 1 aliphatic carbocycles. The molecule has 1 saturated carbocycles. The van der Waals surface area contributed by atoms with E-state index in [9.17, 15) is 18.8 Å². The van der Waals surface area contributed by atoms with Crippen molar-refractivity contribution in [3.8, 4) is 0 Å². The Bertz CT molecular complexity index is 741. The molecule has 3 aliphatic rings. The van der Waals surface area contributed by atoms with E-state index < -0.39 is 5.82 Å². The zero-order valence-corrected chi connectivity index (χ0v) is 14.6. The second-order valence-electron chi connectivity index (χ2n) is 7.31. The molecule has 0 bridgehead atoms. The fraction of sp³-hybridized carbons (Fsp3) is 0.526. The van der Waals surface area contributed by atoms with E-state index in [1.165, 1.54) is 18.2 Å². The molecule has 3 amide bonds. The Morgan fingerprint density at radius 3 is 2.38 bits per heavy atom. The topological polar surface area (TPSA) is 60.9 Å². The van der Waals surface area contributed by atoms with Gasteiger partial charge in [0, 0.05) is 50.7 Å². The van der Waals surface area contributed by atoms with Crippen LogP contribution in [0.15, 0.2) is 24.3 Å². The van der Waals surface area contributed by atoms with Gasteiger partial charge in [0.15, 0.2) is 0 Å². The Labute approximate surface area is 151 Å². The van der Waals surface area contributed by atoms with Crippen molar-refractivity contribution in [2.45, 2.75) is 25.3 Å². The standard InChI is InChI=1S/C19H22FN3O3/c20-15-3-1-2-13(10-15)18(25)21-6-8-22(9-7-21)19(26)14-11-17(24)23(12-14)16-4-5-16/h1-3,10,14,16H,4-9,11-12H2. The Morgan fingerprint density at radius 1 is 1.04 bits per heavy atom. The fourth-order valence-electron chi connectivity index (χ4n) is 3.83. The summed E-state index contributed by atoms with van der Waals surface area (Å²) < 4.78 is 13.3. The van der Waals surface area contributed by atoms with Crippen molar-refractivity contribution in [2.24, 2.45) is 5.92 Å². The van der Waals surface area contributed by atoms with Crippen LogP contribution in [-0.2, 0) is 9.59 Å². The molecule has 2 heterocycles. The van der Waals surface area contributed by atoms with Crippen molar-refractivity contribution < 1.29 is 18.8 Å². The number of likely N-dealkylation sites (tertiary alicyclic amines) is 1. The average molecular weight is 359 g/mol. The predicted octanol–water partition coefficient (Wildman–Crippen LogP) is 1.12. The van der Waals surface area contributed by atoms with E-state index in [4.69, 9.17) is 0 Å². The highest BCUT2D eigenvalue weighted by Gasteiger charge is 2.43. The Morgan fingerprint density at radius 2 is 1.73 bits per heavy atom. The van der Waals surface area contributed by atoms with Gasteiger partial charge >= 0.3 is 0 Å². The van der Waals surface area contributed by atoms with Gasteiger partial charge in [-0.3, -0.25) is 14.4 Å². The van der Waals surface area contributed by atoms with Crippen molar-refractivity contribution in [3.63, 3.8) is 0 Å². The van der Waals surface area contributed by atoms with Crippen LogP contribution in [0.4, 0.5) is 4.39 Å². The van der Waals surface area contributed by atoms with Crippen LogP contribution in [-0.4, -0.2) is 71.2 Å². The van der Waals surface area contributed by atoms with Gasteiger partial charge in [-0.15, -0.1) is 0 Å². The minimum atomic E-state index is -0.434. The highest BCUT2D eigenvalue weighted by Crippen LogP contribution is 2.33. The lowest BCUT2D eigenvalue weighted by molar-refractivity contribution is -0.137. The number of hydrogen-bond donors (Lipinski definition) is 0. The molecule has 0 N–H and O–H groups in total. The summed E-state index contributed by atoms with van der Waals surface area (Å²) in [7, 11) is 0. The van der Waals surface area contributed by atoms with E-state index in [0.717, 1.165) is 12.8 Å². The van der Waals surface area contributed by atoms with Gasteiger partial charge in [-0.1, -0.05) is 6.07 Å². The maximum atomic E-state index is 13.3. The van der Waals surface area contributed by atoms with Crippen molar-refractivity contribution in [2.75, 3.05) is 32.7 Å². The van der Waals surface area contributed by atoms with Crippen LogP contribution >= 0.6 is 0 Å². The van der Waals surface area contributed by atoms with Gasteiger partial charge in [-0.05, 0) is 31.0 Å². The Balaban J connectivity index is 1.32. The third kappa shape index (κ3) is 3.30. The second-order valence-corrected chi connectivity index (χ2v) is 7.31. The zero-order chi connectivity index (χ0) is 18.3. The molecule has 7 heteroatoms. The summed E-state index contributed by atoms with van der Waals surface area (Å²) in [5, 5.41) is 0. The number of benzene rings is 1. The van der Waals surface area contributed by atoms with Crippen LogP contribution in [0.3, 0.4) is 0 Å². The van der Waals surface area contributed by atoms with Gasteiger partial charge in [0.25, 0.3) is 5.91 Å². The zero-order valence-electron chi connectivity index (χ0n) is 14.6. The summed E-state index contributed by atoms with van der Waals surface area (Å²) in [6.07, 6.45) is 2.40. The minimum absolute atomic E-state index is 0.0133. The van der Waals surface area contributed by atoms with Crippen LogP contribution < -0.4 is 0 Å². The van der Waals surface area contributed by atoms with E-state index in [2.05, 4.69) is 0 Å². The van der Waals surface area contributed by atoms with E-state index in [-0.39, 0.29) is 23.6 Å². The van der Waals surface area contributed by atoms with Crippen LogP contribution in [0.1, 0.15) is 29.6 Å². The summed E-state index contributed by atoms with van der Waals surface area (Å²) in [5.41, 5.74) is 0.325. The highest BCUT2D eigenvalue weighted by molar-refractivity contribution is 5.94. The molecule has 1 aromatic carbocycles. The van der Waals surface area contributed by atoms with Gasteiger partial charge in [0.05, 0.1) is 5.92 Å². The van der Waals surface area contributed by atoms with Crippen molar-refractivity contribution in [1.82, 2.24) is 14.7 Å². The van der Waals surface area contributed by atoms with Crippen LogP contribution in [0.25, 0.3) is 0 Å². The Kier molecular flexibility index (Phi) is 4.38. The van der Waals surface area contributed by atoms with Crippen LogP contribution in [0.2, 0.25) is 0 Å². The SMILES string of the molecule is O=C(c1cccc(F)c1)N1CCN(C(=O)C2CC(=O)N(C3CC3)C2)CC1. The normalized spacial score (nSPS) is 23.5. The first kappa shape index (κ1) is 17.0. The van der Waals surface area contributed by atoms with Crippen molar-refractivity contribution in [1.29, 1.82) is 0 Å². The quantitative estimate of drug-likeness (QED) is 0.813. The summed E-state index contributed by atoms with van der Waals surface area (Å²) in [6, 6.07) is 6.00. The van der Waals surface area contributed by atoms with E-state index in [0.29, 0.717) is 50.7 Å². The molecular formula is C19H22FN3O3. The lowest BCUT2D eigenvalue weighted by Crippen LogP contribution is -2.52. The molecule has 6 nitrogen and oxygen atoms in total. The first-order valence-electron chi connectivity index (χ1n) is 9.16. The van der Waals surface area contributed by atoms with Gasteiger partial charge in [-0.2, -0.15) is 0 Å². The largest absolute Gasteiger partial charge is 0.339 e. The number of nitrogens with zero attached hydrogens (tertiary/aromatic N) is 3. The molecule has 0 radical (unpaired) electrons. The first-order valence-corrected chi connectivity index (χ1v) is 9.16. The predicted molar refractivity (Wildman–Crippen MR) is 91.7 cm³/mol. The van der Waals surface area contributed by atoms with E-state index in [1.807, 2.05) is 4.90 Å². The summed E-state index contributed by atoms with van der Waals surface area (Å²) in [5.74, 6) is -0.804. The number of amides is 3. The number of hydrogen-bond acceptors (Lipinski definition) is 3. The maximum Gasteiger partial charge on any atom is 0.254 e. The summed E-state index contributed by atoms with van der Waals surface area (Å²) >= 11 is 0. The molecule has 2 saturated heterocycles. The number of halogens is 1. The molecule has 1 aromatic rings. The van der Waals surface area contributed by atoms with Gasteiger partial charge in [-0.25, -0.2) is 4.39 Å². The first-order chi connectivity index (χ1) is 12.5. The lowest BCUT2D eigenvalue weighted by atomic mass is 10.1. The third-order valence-corrected chi connectivity index (χ3v) is 5.45. The smallest absolute Gasteiger partial charge is 0.254 e. The molecule has 0 aromatic heterocycles. The Hall–Kier alpha value is -2.44. The van der Waals surface area contributed by atoms with Crippen LogP contribution in [0, 0.1) is 11.7 Å². The second kappa shape index (κ2) is 6.70. The van der Waals surface area contributed by atoms with Gasteiger partial charge < -0.3 is 14.7 Å². The van der Waals surface area contributed by atoms with Gasteiger partial charge in [0.1, 0.15) is 5.82 Å². The number of carbonyl (C=O) groups excluding carboxylic acids is 3. The van der Waals surface area contributed by atoms with Crippen molar-refractivity contribution in [3.05, 3.63) is 35.6 Å². The number of piperazine rings is 1. The summed E-state index contributed by atoms with van der Waals surface area (Å²) in [4.78, 5) is 42.5. The maximum absolute atomic E-state index is 13.3. The minimum Gasteiger partial charge on any atom is -0.339 e. The molecule has 1 unspecified atom stereocenters. The molecule has 2 aliphatic heterocycles. The fourth-order valence-corrected chi connectivity index (χ4v) is 3.83. The molecular weight excluding hydrogens is 337 g/mol. The molecule has 4 rings (SSSR count). The molecule has 26 heavy (non-hydrogen) atoms. The summed E-state index contributed by atoms with van der Waals surface area (Å²) in [6.45, 7) is 2.29. The average Bonchev–Trinajstić information content (AvgIpc) is 3.42. The van der Waals surface area contributed by atoms with Crippen molar-refractivity contribution >= 4 is 17.7 Å².